The Morgan fingerprint density at radius 3 is 3.00 bits per heavy atom. The molecule has 1 fully saturated rings. The summed E-state index contributed by atoms with van der Waals surface area (Å²) in [5, 5.41) is 0. The normalized spacial score (nSPS) is 41.0. The SMILES string of the molecule is CC1(C2CC2)C=[C]ON1. The molecule has 49 valence electrons. The highest BCUT2D eigenvalue weighted by molar-refractivity contribution is 5.09. The molecule has 0 amide bonds. The van der Waals surface area contributed by atoms with Crippen molar-refractivity contribution in [2.45, 2.75) is 25.3 Å². The van der Waals surface area contributed by atoms with Crippen LogP contribution in [0.2, 0.25) is 0 Å². The topological polar surface area (TPSA) is 21.3 Å². The van der Waals surface area contributed by atoms with Crippen LogP contribution in [0.5, 0.6) is 0 Å². The Balaban J connectivity index is 2.12. The molecule has 1 saturated carbocycles. The molecule has 1 heterocycles. The Kier molecular flexibility index (Phi) is 0.887. The summed E-state index contributed by atoms with van der Waals surface area (Å²) in [6.45, 7) is 2.14. The van der Waals surface area contributed by atoms with Crippen molar-refractivity contribution in [1.82, 2.24) is 5.48 Å². The van der Waals surface area contributed by atoms with Gasteiger partial charge in [-0.3, -0.25) is 0 Å². The van der Waals surface area contributed by atoms with Gasteiger partial charge in [-0.05, 0) is 31.8 Å². The molecule has 1 unspecified atom stereocenters. The van der Waals surface area contributed by atoms with Crippen LogP contribution in [0.25, 0.3) is 0 Å². The third kappa shape index (κ3) is 0.741. The lowest BCUT2D eigenvalue weighted by Crippen LogP contribution is -2.37. The van der Waals surface area contributed by atoms with Crippen LogP contribution >= 0.6 is 0 Å². The van der Waals surface area contributed by atoms with E-state index in [0.717, 1.165) is 5.92 Å². The van der Waals surface area contributed by atoms with Crippen LogP contribution in [0.1, 0.15) is 19.8 Å². The third-order valence-electron chi connectivity index (χ3n) is 2.11. The number of hydrogen-bond donors (Lipinski definition) is 1. The van der Waals surface area contributed by atoms with Crippen molar-refractivity contribution < 1.29 is 4.84 Å². The largest absolute Gasteiger partial charge is 0.404 e. The molecule has 0 aromatic rings. The average Bonchev–Trinajstić information content (AvgIpc) is 2.60. The molecule has 1 aliphatic carbocycles. The van der Waals surface area contributed by atoms with Gasteiger partial charge in [0.2, 0.25) is 0 Å². The second-order valence-electron chi connectivity index (χ2n) is 3.02. The van der Waals surface area contributed by atoms with Gasteiger partial charge in [-0.1, -0.05) is 0 Å². The molecule has 0 saturated heterocycles. The summed E-state index contributed by atoms with van der Waals surface area (Å²) in [6, 6.07) is 0. The lowest BCUT2D eigenvalue weighted by Gasteiger charge is -2.18. The number of nitrogens with one attached hydrogen (secondary N) is 1. The van der Waals surface area contributed by atoms with Crippen molar-refractivity contribution in [1.29, 1.82) is 0 Å². The maximum Gasteiger partial charge on any atom is 0.189 e. The highest BCUT2D eigenvalue weighted by Gasteiger charge is 2.42. The van der Waals surface area contributed by atoms with Crippen LogP contribution < -0.4 is 5.48 Å². The Hall–Kier alpha value is -0.500. The zero-order valence-corrected chi connectivity index (χ0v) is 5.48. The molecule has 2 rings (SSSR count). The van der Waals surface area contributed by atoms with Crippen LogP contribution in [0, 0.1) is 12.2 Å². The molecule has 1 atom stereocenters. The first-order chi connectivity index (χ1) is 4.31. The highest BCUT2D eigenvalue weighted by atomic mass is 16.6. The molecule has 9 heavy (non-hydrogen) atoms. The van der Waals surface area contributed by atoms with Crippen LogP contribution in [0.4, 0.5) is 0 Å². The fourth-order valence-corrected chi connectivity index (χ4v) is 1.20. The van der Waals surface area contributed by atoms with Gasteiger partial charge in [0.1, 0.15) is 0 Å². The average molecular weight is 124 g/mol. The number of hydrogen-bond acceptors (Lipinski definition) is 2. The van der Waals surface area contributed by atoms with E-state index in [1.165, 1.54) is 12.8 Å². The molecule has 0 spiro atoms. The zero-order chi connectivity index (χ0) is 6.32. The van der Waals surface area contributed by atoms with Crippen molar-refractivity contribution in [3.63, 3.8) is 0 Å². The van der Waals surface area contributed by atoms with Gasteiger partial charge in [-0.15, -0.1) is 5.48 Å². The van der Waals surface area contributed by atoms with Crippen LogP contribution in [-0.4, -0.2) is 5.54 Å². The first kappa shape index (κ1) is 5.30. The summed E-state index contributed by atoms with van der Waals surface area (Å²) in [5.74, 6) is 0.785. The van der Waals surface area contributed by atoms with Gasteiger partial charge >= 0.3 is 0 Å². The molecule has 0 bridgehead atoms. The summed E-state index contributed by atoms with van der Waals surface area (Å²) in [5.41, 5.74) is 3.03. The van der Waals surface area contributed by atoms with Gasteiger partial charge in [-0.2, -0.15) is 0 Å². The monoisotopic (exact) mass is 124 g/mol. The maximum absolute atomic E-state index is 4.81. The fourth-order valence-electron chi connectivity index (χ4n) is 1.20. The number of rotatable bonds is 1. The Bertz CT molecular complexity index is 151. The Morgan fingerprint density at radius 1 is 1.78 bits per heavy atom. The first-order valence-corrected chi connectivity index (χ1v) is 3.34. The van der Waals surface area contributed by atoms with E-state index in [9.17, 15) is 0 Å². The minimum atomic E-state index is 0.0972. The predicted molar refractivity (Wildman–Crippen MR) is 33.2 cm³/mol. The van der Waals surface area contributed by atoms with E-state index in [4.69, 9.17) is 4.84 Å². The van der Waals surface area contributed by atoms with E-state index in [2.05, 4.69) is 18.7 Å². The van der Waals surface area contributed by atoms with E-state index in [0.29, 0.717) is 0 Å². The smallest absolute Gasteiger partial charge is 0.189 e. The third-order valence-corrected chi connectivity index (χ3v) is 2.11. The van der Waals surface area contributed by atoms with Crippen molar-refractivity contribution in [2.24, 2.45) is 5.92 Å². The van der Waals surface area contributed by atoms with Crippen LogP contribution in [-0.2, 0) is 4.84 Å². The van der Waals surface area contributed by atoms with E-state index in [1.54, 1.807) is 0 Å². The molecule has 0 aromatic heterocycles. The Morgan fingerprint density at radius 2 is 2.56 bits per heavy atom. The molecule has 2 nitrogen and oxygen atoms in total. The van der Waals surface area contributed by atoms with Crippen LogP contribution in [0.3, 0.4) is 0 Å². The summed E-state index contributed by atoms with van der Waals surface area (Å²) in [7, 11) is 0. The van der Waals surface area contributed by atoms with Gasteiger partial charge in [0.25, 0.3) is 0 Å². The lowest BCUT2D eigenvalue weighted by molar-refractivity contribution is 0.0845. The van der Waals surface area contributed by atoms with Gasteiger partial charge in [0, 0.05) is 0 Å². The van der Waals surface area contributed by atoms with Gasteiger partial charge in [0.15, 0.2) is 6.26 Å². The molecule has 2 heteroatoms. The van der Waals surface area contributed by atoms with Crippen LogP contribution in [0.15, 0.2) is 6.08 Å². The second-order valence-corrected chi connectivity index (χ2v) is 3.02. The highest BCUT2D eigenvalue weighted by Crippen LogP contribution is 2.41. The number of hydroxylamine groups is 1. The van der Waals surface area contributed by atoms with Crippen molar-refractivity contribution in [2.75, 3.05) is 0 Å². The van der Waals surface area contributed by atoms with E-state index < -0.39 is 0 Å². The quantitative estimate of drug-likeness (QED) is 0.563. The molecular weight excluding hydrogens is 114 g/mol. The summed E-state index contributed by atoms with van der Waals surface area (Å²) < 4.78 is 0. The lowest BCUT2D eigenvalue weighted by atomic mass is 9.98. The zero-order valence-electron chi connectivity index (χ0n) is 5.48. The summed E-state index contributed by atoms with van der Waals surface area (Å²) >= 11 is 0. The molecular formula is C7H10NO. The predicted octanol–water partition coefficient (Wildman–Crippen LogP) is 1.01. The second kappa shape index (κ2) is 1.51. The summed E-state index contributed by atoms with van der Waals surface area (Å²) in [6.07, 6.45) is 7.32. The minimum absolute atomic E-state index is 0.0972. The van der Waals surface area contributed by atoms with Crippen molar-refractivity contribution in [3.8, 4) is 0 Å². The van der Waals surface area contributed by atoms with Crippen molar-refractivity contribution in [3.05, 3.63) is 12.3 Å². The molecule has 1 N–H and O–H groups in total. The molecule has 1 radical (unpaired) electrons. The maximum atomic E-state index is 4.81. The molecule has 0 aromatic carbocycles. The molecule has 2 aliphatic rings. The molecule has 1 aliphatic heterocycles. The van der Waals surface area contributed by atoms with Gasteiger partial charge < -0.3 is 4.84 Å². The Labute approximate surface area is 54.8 Å². The minimum Gasteiger partial charge on any atom is -0.404 e. The fraction of sp³-hybridized carbons (Fsp3) is 0.714. The van der Waals surface area contributed by atoms with Gasteiger partial charge in [-0.25, -0.2) is 0 Å². The first-order valence-electron chi connectivity index (χ1n) is 3.34. The van der Waals surface area contributed by atoms with E-state index >= 15 is 0 Å². The van der Waals surface area contributed by atoms with E-state index in [1.807, 2.05) is 6.08 Å². The van der Waals surface area contributed by atoms with E-state index in [-0.39, 0.29) is 5.54 Å². The standard InChI is InChI=1S/C7H10NO/c1-7(6-2-3-6)4-5-9-8-7/h4,6,8H,2-3H2,1H3. The van der Waals surface area contributed by atoms with Gasteiger partial charge in [0.05, 0.1) is 5.54 Å². The summed E-state index contributed by atoms with van der Waals surface area (Å²) in [4.78, 5) is 4.81. The van der Waals surface area contributed by atoms with Crippen molar-refractivity contribution >= 4 is 0 Å².